The number of nitrogens with zero attached hydrogens (tertiary/aromatic N) is 2. The third-order valence-corrected chi connectivity index (χ3v) is 3.32. The Morgan fingerprint density at radius 3 is 1.96 bits per heavy atom. The molecule has 0 fully saturated rings. The smallest absolute Gasteiger partial charge is 0.298 e. The van der Waals surface area contributed by atoms with Crippen LogP contribution in [0.1, 0.15) is 21.6 Å². The summed E-state index contributed by atoms with van der Waals surface area (Å²) >= 11 is 5.68. The summed E-state index contributed by atoms with van der Waals surface area (Å²) in [5.41, 5.74) is 0.155. The van der Waals surface area contributed by atoms with Crippen molar-refractivity contribution in [2.24, 2.45) is 7.05 Å². The molecule has 12 heteroatoms. The zero-order valence-corrected chi connectivity index (χ0v) is 13.0. The molecule has 2 N–H and O–H groups in total. The van der Waals surface area contributed by atoms with Gasteiger partial charge in [-0.3, -0.25) is 20.3 Å². The normalized spacial score (nSPS) is 12.2. The van der Waals surface area contributed by atoms with Crippen LogP contribution >= 0.6 is 11.6 Å². The number of hydrogen-bond donors (Lipinski definition) is 2. The molecule has 136 valence electrons. The Balaban J connectivity index is 2.25. The highest BCUT2D eigenvalue weighted by molar-refractivity contribution is 6.29. The monoisotopic (exact) mass is 386 g/mol. The van der Waals surface area contributed by atoms with Crippen molar-refractivity contribution < 1.29 is 31.1 Å². The van der Waals surface area contributed by atoms with Crippen LogP contribution in [0, 0.1) is 0 Å². The summed E-state index contributed by atoms with van der Waals surface area (Å²) in [7, 11) is 1.44. The lowest BCUT2D eigenvalue weighted by Crippen LogP contribution is -2.30. The van der Waals surface area contributed by atoms with Gasteiger partial charge >= 0.3 is 12.4 Å². The lowest BCUT2D eigenvalue weighted by Gasteiger charge is -2.15. The van der Waals surface area contributed by atoms with Gasteiger partial charge in [0.25, 0.3) is 5.91 Å². The second-order valence-corrected chi connectivity index (χ2v) is 5.24. The number of nitrogens with one attached hydrogen (secondary N) is 2. The quantitative estimate of drug-likeness (QED) is 0.622. The van der Waals surface area contributed by atoms with Crippen LogP contribution in [-0.2, 0) is 19.4 Å². The number of hydrazine groups is 1. The van der Waals surface area contributed by atoms with Crippen molar-refractivity contribution in [3.8, 4) is 0 Å². The lowest BCUT2D eigenvalue weighted by atomic mass is 10.1. The van der Waals surface area contributed by atoms with Crippen molar-refractivity contribution in [3.05, 3.63) is 46.2 Å². The van der Waals surface area contributed by atoms with Gasteiger partial charge in [0.05, 0.1) is 16.8 Å². The van der Waals surface area contributed by atoms with Crippen LogP contribution in [0.5, 0.6) is 0 Å². The van der Waals surface area contributed by atoms with E-state index in [0.717, 1.165) is 4.68 Å². The Morgan fingerprint density at radius 2 is 1.56 bits per heavy atom. The van der Waals surface area contributed by atoms with E-state index in [1.165, 1.54) is 13.1 Å². The molecule has 1 aromatic carbocycles. The molecule has 0 atom stereocenters. The maximum Gasteiger partial charge on any atom is 0.416 e. The second-order valence-electron chi connectivity index (χ2n) is 4.85. The summed E-state index contributed by atoms with van der Waals surface area (Å²) in [6.07, 6.45) is -9.98. The van der Waals surface area contributed by atoms with Crippen molar-refractivity contribution in [2.75, 3.05) is 5.43 Å². The highest BCUT2D eigenvalue weighted by atomic mass is 35.5. The van der Waals surface area contributed by atoms with E-state index in [0.29, 0.717) is 12.1 Å². The summed E-state index contributed by atoms with van der Waals surface area (Å²) in [4.78, 5) is 11.8. The maximum atomic E-state index is 12.7. The predicted molar refractivity (Wildman–Crippen MR) is 75.8 cm³/mol. The first-order valence-corrected chi connectivity index (χ1v) is 6.81. The summed E-state index contributed by atoms with van der Waals surface area (Å²) in [6.45, 7) is 0. The molecule has 25 heavy (non-hydrogen) atoms. The summed E-state index contributed by atoms with van der Waals surface area (Å²) in [5.74, 6) is -0.895. The van der Waals surface area contributed by atoms with Crippen LogP contribution < -0.4 is 10.9 Å². The van der Waals surface area contributed by atoms with Gasteiger partial charge in [-0.25, -0.2) is 0 Å². The Kier molecular flexibility index (Phi) is 4.89. The second kappa shape index (κ2) is 6.47. The average molecular weight is 387 g/mol. The molecule has 0 spiro atoms. The number of aryl methyl sites for hydroxylation is 1. The minimum atomic E-state index is -4.99. The summed E-state index contributed by atoms with van der Waals surface area (Å²) in [6, 6.07) is 2.01. The van der Waals surface area contributed by atoms with Gasteiger partial charge in [0, 0.05) is 13.1 Å². The molecule has 0 unspecified atom stereocenters. The molecule has 1 aromatic heterocycles. The van der Waals surface area contributed by atoms with Gasteiger partial charge in [0.15, 0.2) is 5.69 Å². The molecule has 0 bridgehead atoms. The highest BCUT2D eigenvalue weighted by Crippen LogP contribution is 2.37. The molecule has 2 rings (SSSR count). The molecule has 0 aliphatic rings. The first-order valence-electron chi connectivity index (χ1n) is 6.43. The van der Waals surface area contributed by atoms with Gasteiger partial charge in [-0.05, 0) is 18.2 Å². The van der Waals surface area contributed by atoms with Crippen LogP contribution in [0.2, 0.25) is 5.15 Å². The molecule has 0 aliphatic heterocycles. The van der Waals surface area contributed by atoms with Gasteiger partial charge in [0.1, 0.15) is 5.15 Å². The molecule has 1 amide bonds. The molecule has 5 nitrogen and oxygen atoms in total. The number of halogens is 7. The Hall–Kier alpha value is -2.43. The van der Waals surface area contributed by atoms with Crippen LogP contribution in [0.25, 0.3) is 0 Å². The van der Waals surface area contributed by atoms with Crippen molar-refractivity contribution >= 4 is 23.2 Å². The van der Waals surface area contributed by atoms with Crippen molar-refractivity contribution in [3.63, 3.8) is 0 Å². The largest absolute Gasteiger partial charge is 0.416 e. The summed E-state index contributed by atoms with van der Waals surface area (Å²) in [5, 5.41) is 3.82. The van der Waals surface area contributed by atoms with E-state index < -0.39 is 35.1 Å². The van der Waals surface area contributed by atoms with E-state index in [9.17, 15) is 31.1 Å². The van der Waals surface area contributed by atoms with Gasteiger partial charge in [-0.15, -0.1) is 0 Å². The Bertz CT molecular complexity index is 747. The third kappa shape index (κ3) is 4.56. The van der Waals surface area contributed by atoms with Crippen molar-refractivity contribution in [2.45, 2.75) is 12.4 Å². The lowest BCUT2D eigenvalue weighted by molar-refractivity contribution is -0.143. The highest BCUT2D eigenvalue weighted by Gasteiger charge is 2.37. The number of benzene rings is 1. The topological polar surface area (TPSA) is 59.0 Å². The van der Waals surface area contributed by atoms with E-state index in [1.807, 2.05) is 10.9 Å². The van der Waals surface area contributed by atoms with E-state index in [2.05, 4.69) is 5.10 Å². The number of alkyl halides is 6. The zero-order valence-electron chi connectivity index (χ0n) is 12.3. The number of rotatable bonds is 3. The number of anilines is 1. The zero-order chi connectivity index (χ0) is 19.0. The molecule has 0 radical (unpaired) electrons. The van der Waals surface area contributed by atoms with Crippen LogP contribution in [0.3, 0.4) is 0 Å². The van der Waals surface area contributed by atoms with E-state index >= 15 is 0 Å². The number of carbonyl (C=O) groups excluding carboxylic acids is 1. The van der Waals surface area contributed by atoms with E-state index in [-0.39, 0.29) is 16.9 Å². The molecular weight excluding hydrogens is 378 g/mol. The fourth-order valence-corrected chi connectivity index (χ4v) is 1.92. The third-order valence-electron chi connectivity index (χ3n) is 2.96. The molecule has 0 saturated heterocycles. The van der Waals surface area contributed by atoms with Crippen LogP contribution in [-0.4, -0.2) is 15.7 Å². The summed E-state index contributed by atoms with van der Waals surface area (Å²) < 4.78 is 77.6. The molecule has 2 aromatic rings. The van der Waals surface area contributed by atoms with Gasteiger partial charge < -0.3 is 0 Å². The van der Waals surface area contributed by atoms with Gasteiger partial charge in [-0.2, -0.15) is 31.4 Å². The average Bonchev–Trinajstić information content (AvgIpc) is 2.82. The van der Waals surface area contributed by atoms with Crippen LogP contribution in [0.4, 0.5) is 32.0 Å². The minimum absolute atomic E-state index is 0.0223. The first-order chi connectivity index (χ1) is 11.4. The number of amides is 1. The minimum Gasteiger partial charge on any atom is -0.298 e. The standard InChI is InChI=1S/C13H9ClF6N4O/c1-24-10(14)5-9(23-24)11(25)22-21-8-3-6(12(15,16)17)2-7(4-8)13(18,19)20/h2-5,21H,1H3,(H,22,25). The first kappa shape index (κ1) is 18.9. The maximum absolute atomic E-state index is 12.7. The fourth-order valence-electron chi connectivity index (χ4n) is 1.78. The van der Waals surface area contributed by atoms with Crippen molar-refractivity contribution in [1.29, 1.82) is 0 Å². The van der Waals surface area contributed by atoms with E-state index in [4.69, 9.17) is 11.6 Å². The Labute approximate surface area is 141 Å². The molecule has 0 aliphatic carbocycles. The number of carbonyl (C=O) groups is 1. The molecule has 0 saturated carbocycles. The Morgan fingerprint density at radius 1 is 1.04 bits per heavy atom. The number of hydrogen-bond acceptors (Lipinski definition) is 3. The van der Waals surface area contributed by atoms with Gasteiger partial charge in [-0.1, -0.05) is 11.6 Å². The van der Waals surface area contributed by atoms with Crippen molar-refractivity contribution in [1.82, 2.24) is 15.2 Å². The SMILES string of the molecule is Cn1nc(C(=O)NNc2cc(C(F)(F)F)cc(C(F)(F)F)c2)cc1Cl. The van der Waals surface area contributed by atoms with E-state index in [1.54, 1.807) is 0 Å². The predicted octanol–water partition coefficient (Wildman–Crippen LogP) is 3.87. The van der Waals surface area contributed by atoms with Gasteiger partial charge in [0.2, 0.25) is 0 Å². The molecular formula is C13H9ClF6N4O. The molecule has 1 heterocycles. The number of aromatic nitrogens is 2. The van der Waals surface area contributed by atoms with Crippen LogP contribution in [0.15, 0.2) is 24.3 Å². The fraction of sp³-hybridized carbons (Fsp3) is 0.231.